The van der Waals surface area contributed by atoms with Gasteiger partial charge in [0.2, 0.25) is 10.0 Å². The average molecular weight is 347 g/mol. The monoisotopic (exact) mass is 346 g/mol. The summed E-state index contributed by atoms with van der Waals surface area (Å²) in [4.78, 5) is 0. The summed E-state index contributed by atoms with van der Waals surface area (Å²) in [6, 6.07) is 9.85. The Morgan fingerprint density at radius 2 is 1.91 bits per heavy atom. The molecule has 0 aromatic heterocycles. The quantitative estimate of drug-likeness (QED) is 0.861. The van der Waals surface area contributed by atoms with Gasteiger partial charge in [-0.1, -0.05) is 50.6 Å². The number of rotatable bonds is 6. The predicted molar refractivity (Wildman–Crippen MR) is 93.8 cm³/mol. The van der Waals surface area contributed by atoms with Gasteiger partial charge in [-0.15, -0.1) is 12.4 Å². The lowest BCUT2D eigenvalue weighted by molar-refractivity contribution is 0.455. The maximum absolute atomic E-state index is 12.5. The summed E-state index contributed by atoms with van der Waals surface area (Å²) < 4.78 is 26.6. The van der Waals surface area contributed by atoms with Gasteiger partial charge in [0, 0.05) is 25.0 Å². The van der Waals surface area contributed by atoms with E-state index in [2.05, 4.69) is 6.92 Å². The Bertz CT molecular complexity index is 551. The Balaban J connectivity index is 0.00000242. The maximum Gasteiger partial charge on any atom is 0.214 e. The molecule has 0 spiro atoms. The van der Waals surface area contributed by atoms with Crippen LogP contribution in [0.15, 0.2) is 30.3 Å². The lowest BCUT2D eigenvalue weighted by Gasteiger charge is -2.19. The van der Waals surface area contributed by atoms with Crippen LogP contribution in [-0.4, -0.2) is 37.6 Å². The van der Waals surface area contributed by atoms with Crippen LogP contribution in [0.25, 0.3) is 0 Å². The molecule has 0 amide bonds. The fourth-order valence-corrected chi connectivity index (χ4v) is 5.00. The first-order chi connectivity index (χ1) is 9.94. The minimum Gasteiger partial charge on any atom is -0.326 e. The van der Waals surface area contributed by atoms with Crippen LogP contribution in [0.2, 0.25) is 0 Å². The van der Waals surface area contributed by atoms with E-state index >= 15 is 0 Å². The highest BCUT2D eigenvalue weighted by Gasteiger charge is 2.37. The zero-order valence-electron chi connectivity index (χ0n) is 13.3. The van der Waals surface area contributed by atoms with Crippen LogP contribution in [0, 0.1) is 5.92 Å². The number of nitrogens with two attached hydrogens (primary N) is 1. The van der Waals surface area contributed by atoms with Crippen molar-refractivity contribution in [3.8, 4) is 0 Å². The summed E-state index contributed by atoms with van der Waals surface area (Å²) in [5, 5.41) is 0. The maximum atomic E-state index is 12.5. The molecule has 6 heteroatoms. The second-order valence-corrected chi connectivity index (χ2v) is 8.18. The zero-order chi connectivity index (χ0) is 15.5. The van der Waals surface area contributed by atoms with Crippen molar-refractivity contribution in [2.24, 2.45) is 11.7 Å². The predicted octanol–water partition coefficient (Wildman–Crippen LogP) is 2.60. The van der Waals surface area contributed by atoms with Crippen molar-refractivity contribution >= 4 is 22.4 Å². The summed E-state index contributed by atoms with van der Waals surface area (Å²) >= 11 is 0. The molecule has 1 unspecified atom stereocenters. The average Bonchev–Trinajstić information content (AvgIpc) is 2.82. The van der Waals surface area contributed by atoms with Crippen LogP contribution in [0.3, 0.4) is 0 Å². The van der Waals surface area contributed by atoms with E-state index in [0.717, 1.165) is 18.4 Å². The molecule has 22 heavy (non-hydrogen) atoms. The number of hydrogen-bond acceptors (Lipinski definition) is 3. The Morgan fingerprint density at radius 1 is 1.27 bits per heavy atom. The SMILES string of the molecule is CCCC(C)CS(=O)(=O)N1C[C@@H](N)[C@H](c2ccccc2)C1.Cl. The van der Waals surface area contributed by atoms with Crippen molar-refractivity contribution in [1.29, 1.82) is 0 Å². The van der Waals surface area contributed by atoms with E-state index in [-0.39, 0.29) is 36.0 Å². The molecule has 1 aliphatic rings. The van der Waals surface area contributed by atoms with E-state index in [4.69, 9.17) is 5.73 Å². The lowest BCUT2D eigenvalue weighted by Crippen LogP contribution is -2.35. The molecule has 0 bridgehead atoms. The van der Waals surface area contributed by atoms with Gasteiger partial charge in [0.05, 0.1) is 5.75 Å². The van der Waals surface area contributed by atoms with Gasteiger partial charge in [-0.05, 0) is 17.9 Å². The summed E-state index contributed by atoms with van der Waals surface area (Å²) in [5.41, 5.74) is 7.31. The zero-order valence-corrected chi connectivity index (χ0v) is 14.9. The van der Waals surface area contributed by atoms with Crippen LogP contribution >= 0.6 is 12.4 Å². The van der Waals surface area contributed by atoms with Gasteiger partial charge in [0.15, 0.2) is 0 Å². The van der Waals surface area contributed by atoms with Crippen LogP contribution in [0.5, 0.6) is 0 Å². The molecule has 0 saturated carbocycles. The van der Waals surface area contributed by atoms with E-state index in [9.17, 15) is 8.42 Å². The van der Waals surface area contributed by atoms with Gasteiger partial charge in [0.1, 0.15) is 0 Å². The van der Waals surface area contributed by atoms with Gasteiger partial charge in [-0.25, -0.2) is 8.42 Å². The molecule has 4 nitrogen and oxygen atoms in total. The molecular weight excluding hydrogens is 320 g/mol. The van der Waals surface area contributed by atoms with Crippen molar-refractivity contribution in [3.63, 3.8) is 0 Å². The van der Waals surface area contributed by atoms with Crippen LogP contribution in [0.4, 0.5) is 0 Å². The highest BCUT2D eigenvalue weighted by molar-refractivity contribution is 7.89. The van der Waals surface area contributed by atoms with Crippen LogP contribution < -0.4 is 5.73 Å². The molecule has 1 heterocycles. The van der Waals surface area contributed by atoms with Crippen LogP contribution in [-0.2, 0) is 10.0 Å². The fraction of sp³-hybridized carbons (Fsp3) is 0.625. The van der Waals surface area contributed by atoms with Gasteiger partial charge in [-0.2, -0.15) is 4.31 Å². The Morgan fingerprint density at radius 3 is 2.50 bits per heavy atom. The minimum absolute atomic E-state index is 0. The van der Waals surface area contributed by atoms with Crippen molar-refractivity contribution in [1.82, 2.24) is 4.31 Å². The normalized spacial score (nSPS) is 24.0. The highest BCUT2D eigenvalue weighted by Crippen LogP contribution is 2.29. The topological polar surface area (TPSA) is 63.4 Å². The molecule has 1 aromatic carbocycles. The summed E-state index contributed by atoms with van der Waals surface area (Å²) in [7, 11) is -3.20. The van der Waals surface area contributed by atoms with E-state index in [0.29, 0.717) is 13.1 Å². The molecule has 1 aliphatic heterocycles. The number of sulfonamides is 1. The molecule has 2 rings (SSSR count). The molecule has 2 N–H and O–H groups in total. The summed E-state index contributed by atoms with van der Waals surface area (Å²) in [6.45, 7) is 5.03. The van der Waals surface area contributed by atoms with Crippen molar-refractivity contribution < 1.29 is 8.42 Å². The fourth-order valence-electron chi connectivity index (χ4n) is 3.11. The van der Waals surface area contributed by atoms with Crippen molar-refractivity contribution in [2.45, 2.75) is 38.6 Å². The van der Waals surface area contributed by atoms with Gasteiger partial charge >= 0.3 is 0 Å². The smallest absolute Gasteiger partial charge is 0.214 e. The Kier molecular flexibility index (Phi) is 7.32. The third-order valence-corrected chi connectivity index (χ3v) is 6.30. The third kappa shape index (κ3) is 4.69. The molecule has 1 aromatic rings. The molecule has 1 fully saturated rings. The number of nitrogens with zero attached hydrogens (tertiary/aromatic N) is 1. The van der Waals surface area contributed by atoms with E-state index in [1.165, 1.54) is 0 Å². The van der Waals surface area contributed by atoms with Gasteiger partial charge in [0.25, 0.3) is 0 Å². The van der Waals surface area contributed by atoms with Gasteiger partial charge < -0.3 is 5.73 Å². The van der Waals surface area contributed by atoms with E-state index in [1.807, 2.05) is 37.3 Å². The summed E-state index contributed by atoms with van der Waals surface area (Å²) in [5.74, 6) is 0.532. The van der Waals surface area contributed by atoms with Gasteiger partial charge in [-0.3, -0.25) is 0 Å². The molecule has 3 atom stereocenters. The lowest BCUT2D eigenvalue weighted by atomic mass is 9.95. The highest BCUT2D eigenvalue weighted by atomic mass is 35.5. The van der Waals surface area contributed by atoms with Crippen LogP contribution in [0.1, 0.15) is 38.2 Å². The standard InChI is InChI=1S/C16H26N2O2S.ClH/c1-3-7-13(2)12-21(19,20)18-10-15(16(17)11-18)14-8-5-4-6-9-14;/h4-6,8-9,13,15-16H,3,7,10-12,17H2,1-2H3;1H/t13?,15-,16+;/m0./s1. The van der Waals surface area contributed by atoms with Crippen molar-refractivity contribution in [2.75, 3.05) is 18.8 Å². The number of benzene rings is 1. The van der Waals surface area contributed by atoms with Crippen molar-refractivity contribution in [3.05, 3.63) is 35.9 Å². The van der Waals surface area contributed by atoms with E-state index < -0.39 is 10.0 Å². The minimum atomic E-state index is -3.20. The number of hydrogen-bond donors (Lipinski definition) is 1. The largest absolute Gasteiger partial charge is 0.326 e. The first-order valence-electron chi connectivity index (χ1n) is 7.72. The summed E-state index contributed by atoms with van der Waals surface area (Å²) in [6.07, 6.45) is 1.96. The second kappa shape index (κ2) is 8.29. The third-order valence-electron chi connectivity index (χ3n) is 4.23. The molecular formula is C16H27ClN2O2S. The molecule has 126 valence electrons. The molecule has 0 aliphatic carbocycles. The number of halogens is 1. The first-order valence-corrected chi connectivity index (χ1v) is 9.33. The molecule has 0 radical (unpaired) electrons. The first kappa shape index (κ1) is 19.4. The Hall–Kier alpha value is -0.620. The molecule has 1 saturated heterocycles. The second-order valence-electron chi connectivity index (χ2n) is 6.17. The Labute approximate surface area is 140 Å². The van der Waals surface area contributed by atoms with E-state index in [1.54, 1.807) is 4.31 Å².